The molecule has 4 heteroatoms. The number of nitrogens with one attached hydrogen (secondary N) is 1. The molecule has 1 N–H and O–H groups in total. The van der Waals surface area contributed by atoms with Crippen LogP contribution in [0.25, 0.3) is 0 Å². The molecule has 18 heavy (non-hydrogen) atoms. The first-order valence-corrected chi connectivity index (χ1v) is 7.36. The van der Waals surface area contributed by atoms with E-state index in [2.05, 4.69) is 49.9 Å². The van der Waals surface area contributed by atoms with Crippen LogP contribution in [0.5, 0.6) is 0 Å². The molecular formula is C14H25N3S. The molecule has 0 saturated carbocycles. The van der Waals surface area contributed by atoms with Crippen LogP contribution < -0.4 is 5.32 Å². The molecule has 1 aromatic rings. The predicted molar refractivity (Wildman–Crippen MR) is 79.0 cm³/mol. The van der Waals surface area contributed by atoms with Crippen molar-refractivity contribution in [2.45, 2.75) is 57.5 Å². The van der Waals surface area contributed by atoms with Gasteiger partial charge in [0, 0.05) is 29.7 Å². The molecule has 0 fully saturated rings. The average Bonchev–Trinajstić information content (AvgIpc) is 2.25. The zero-order valence-electron chi connectivity index (χ0n) is 12.3. The number of aryl methyl sites for hydroxylation is 1. The fraction of sp³-hybridized carbons (Fsp3) is 0.714. The van der Waals surface area contributed by atoms with Gasteiger partial charge >= 0.3 is 0 Å². The fourth-order valence-electron chi connectivity index (χ4n) is 1.40. The van der Waals surface area contributed by atoms with Crippen molar-refractivity contribution in [2.24, 2.45) is 5.92 Å². The second kappa shape index (κ2) is 6.53. The molecule has 0 amide bonds. The van der Waals surface area contributed by atoms with E-state index in [0.29, 0.717) is 11.2 Å². The molecule has 1 rings (SSSR count). The molecule has 3 nitrogen and oxygen atoms in total. The second-order valence-electron chi connectivity index (χ2n) is 6.07. The van der Waals surface area contributed by atoms with Crippen LogP contribution in [0, 0.1) is 12.8 Å². The summed E-state index contributed by atoms with van der Waals surface area (Å²) in [6.07, 6.45) is 3.76. The van der Waals surface area contributed by atoms with Crippen LogP contribution in [0.15, 0.2) is 17.6 Å². The third-order valence-corrected chi connectivity index (χ3v) is 4.03. The maximum Gasteiger partial charge on any atom is 0.187 e. The quantitative estimate of drug-likeness (QED) is 0.656. The Kier molecular flexibility index (Phi) is 5.60. The Hall–Kier alpha value is -0.610. The van der Waals surface area contributed by atoms with Crippen molar-refractivity contribution in [3.05, 3.63) is 18.0 Å². The third kappa shape index (κ3) is 5.83. The van der Waals surface area contributed by atoms with Gasteiger partial charge in [0.05, 0.1) is 0 Å². The molecule has 102 valence electrons. The fourth-order valence-corrected chi connectivity index (χ4v) is 2.33. The maximum atomic E-state index is 4.37. The summed E-state index contributed by atoms with van der Waals surface area (Å²) < 4.78 is 0. The van der Waals surface area contributed by atoms with Crippen LogP contribution in [-0.2, 0) is 0 Å². The van der Waals surface area contributed by atoms with E-state index in [1.165, 1.54) is 0 Å². The SMILES string of the molecule is Cc1cnc(SC(CNC(C)(C)C)C(C)C)nc1. The molecule has 0 aliphatic carbocycles. The van der Waals surface area contributed by atoms with E-state index >= 15 is 0 Å². The molecule has 1 atom stereocenters. The summed E-state index contributed by atoms with van der Waals surface area (Å²) >= 11 is 1.76. The molecule has 1 aromatic heterocycles. The van der Waals surface area contributed by atoms with Gasteiger partial charge in [-0.15, -0.1) is 0 Å². The molecule has 0 aromatic carbocycles. The summed E-state index contributed by atoms with van der Waals surface area (Å²) in [4.78, 5) is 8.74. The standard InChI is InChI=1S/C14H25N3S/c1-10(2)12(9-17-14(4,5)6)18-13-15-7-11(3)8-16-13/h7-8,10,12,17H,9H2,1-6H3. The molecule has 0 radical (unpaired) electrons. The topological polar surface area (TPSA) is 37.8 Å². The van der Waals surface area contributed by atoms with Crippen LogP contribution in [0.3, 0.4) is 0 Å². The molecule has 1 heterocycles. The highest BCUT2D eigenvalue weighted by molar-refractivity contribution is 7.99. The van der Waals surface area contributed by atoms with Gasteiger partial charge in [0.1, 0.15) is 0 Å². The minimum absolute atomic E-state index is 0.155. The number of aromatic nitrogens is 2. The van der Waals surface area contributed by atoms with Crippen molar-refractivity contribution >= 4 is 11.8 Å². The number of thioether (sulfide) groups is 1. The van der Waals surface area contributed by atoms with Crippen LogP contribution in [0.2, 0.25) is 0 Å². The van der Waals surface area contributed by atoms with Gasteiger partial charge in [0.2, 0.25) is 0 Å². The van der Waals surface area contributed by atoms with Gasteiger partial charge in [-0.3, -0.25) is 0 Å². The largest absolute Gasteiger partial charge is 0.311 e. The van der Waals surface area contributed by atoms with Crippen molar-refractivity contribution in [3.8, 4) is 0 Å². The number of hydrogen-bond donors (Lipinski definition) is 1. The number of rotatable bonds is 5. The summed E-state index contributed by atoms with van der Waals surface area (Å²) in [5.74, 6) is 0.592. The van der Waals surface area contributed by atoms with Gasteiger partial charge in [-0.1, -0.05) is 25.6 Å². The van der Waals surface area contributed by atoms with Crippen LogP contribution in [0.4, 0.5) is 0 Å². The highest BCUT2D eigenvalue weighted by Crippen LogP contribution is 2.25. The van der Waals surface area contributed by atoms with Crippen LogP contribution >= 0.6 is 11.8 Å². The summed E-state index contributed by atoms with van der Waals surface area (Å²) in [7, 11) is 0. The maximum absolute atomic E-state index is 4.37. The minimum atomic E-state index is 0.155. The third-order valence-electron chi connectivity index (χ3n) is 2.59. The van der Waals surface area contributed by atoms with Crippen LogP contribution in [-0.4, -0.2) is 27.3 Å². The van der Waals surface area contributed by atoms with Gasteiger partial charge in [0.15, 0.2) is 5.16 Å². The molecule has 0 aliphatic heterocycles. The Bertz CT molecular complexity index is 354. The van der Waals surface area contributed by atoms with Crippen molar-refractivity contribution in [1.82, 2.24) is 15.3 Å². The normalized spacial score (nSPS) is 13.9. The highest BCUT2D eigenvalue weighted by atomic mass is 32.2. The molecule has 1 unspecified atom stereocenters. The lowest BCUT2D eigenvalue weighted by Crippen LogP contribution is -2.41. The Morgan fingerprint density at radius 1 is 1.22 bits per heavy atom. The smallest absolute Gasteiger partial charge is 0.187 e. The molecule has 0 spiro atoms. The van der Waals surface area contributed by atoms with Gasteiger partial charge in [0.25, 0.3) is 0 Å². The van der Waals surface area contributed by atoms with E-state index in [1.54, 1.807) is 11.8 Å². The lowest BCUT2D eigenvalue weighted by molar-refractivity contribution is 0.407. The Morgan fingerprint density at radius 3 is 2.22 bits per heavy atom. The lowest BCUT2D eigenvalue weighted by Gasteiger charge is -2.26. The molecule has 0 bridgehead atoms. The second-order valence-corrected chi connectivity index (χ2v) is 7.28. The summed E-state index contributed by atoms with van der Waals surface area (Å²) in [6.45, 7) is 14.1. The first kappa shape index (κ1) is 15.4. The van der Waals surface area contributed by atoms with Crippen molar-refractivity contribution < 1.29 is 0 Å². The van der Waals surface area contributed by atoms with Gasteiger partial charge in [-0.2, -0.15) is 0 Å². The van der Waals surface area contributed by atoms with E-state index in [9.17, 15) is 0 Å². The Balaban J connectivity index is 2.60. The summed E-state index contributed by atoms with van der Waals surface area (Å²) in [5.41, 5.74) is 1.26. The van der Waals surface area contributed by atoms with E-state index in [-0.39, 0.29) is 5.54 Å². The number of nitrogens with zero attached hydrogens (tertiary/aromatic N) is 2. The van der Waals surface area contributed by atoms with E-state index < -0.39 is 0 Å². The zero-order valence-corrected chi connectivity index (χ0v) is 13.1. The van der Waals surface area contributed by atoms with Gasteiger partial charge in [-0.05, 0) is 39.2 Å². The lowest BCUT2D eigenvalue weighted by atomic mass is 10.1. The van der Waals surface area contributed by atoms with E-state index in [0.717, 1.165) is 17.3 Å². The van der Waals surface area contributed by atoms with E-state index in [4.69, 9.17) is 0 Å². The van der Waals surface area contributed by atoms with Crippen LogP contribution in [0.1, 0.15) is 40.2 Å². The zero-order chi connectivity index (χ0) is 13.8. The predicted octanol–water partition coefficient (Wildman–Crippen LogP) is 3.29. The summed E-state index contributed by atoms with van der Waals surface area (Å²) in [6, 6.07) is 0. The molecule has 0 saturated heterocycles. The van der Waals surface area contributed by atoms with Crippen molar-refractivity contribution in [1.29, 1.82) is 0 Å². The highest BCUT2D eigenvalue weighted by Gasteiger charge is 2.19. The molecule has 0 aliphatic rings. The first-order chi connectivity index (χ1) is 8.28. The Morgan fingerprint density at radius 2 is 1.78 bits per heavy atom. The molecular weight excluding hydrogens is 242 g/mol. The van der Waals surface area contributed by atoms with Gasteiger partial charge in [-0.25, -0.2) is 9.97 Å². The Labute approximate surface area is 115 Å². The van der Waals surface area contributed by atoms with E-state index in [1.807, 2.05) is 19.3 Å². The van der Waals surface area contributed by atoms with Crippen molar-refractivity contribution in [2.75, 3.05) is 6.54 Å². The van der Waals surface area contributed by atoms with Gasteiger partial charge < -0.3 is 5.32 Å². The van der Waals surface area contributed by atoms with Crippen molar-refractivity contribution in [3.63, 3.8) is 0 Å². The number of hydrogen-bond acceptors (Lipinski definition) is 4. The average molecular weight is 267 g/mol. The minimum Gasteiger partial charge on any atom is -0.311 e. The summed E-state index contributed by atoms with van der Waals surface area (Å²) in [5, 5.41) is 4.92. The monoisotopic (exact) mass is 267 g/mol. The first-order valence-electron chi connectivity index (χ1n) is 6.48.